The fraction of sp³-hybridized carbons (Fsp3) is 0.545. The van der Waals surface area contributed by atoms with Gasteiger partial charge in [0, 0.05) is 20.0 Å². The lowest BCUT2D eigenvalue weighted by molar-refractivity contribution is -0.135. The predicted octanol–water partition coefficient (Wildman–Crippen LogP) is 3.27. The summed E-state index contributed by atoms with van der Waals surface area (Å²) in [7, 11) is 1.76. The molecule has 1 heterocycles. The number of halogens is 3. The molecule has 6 heteroatoms. The molecule has 0 aromatic carbocycles. The molecule has 96 valence electrons. The lowest BCUT2D eigenvalue weighted by Crippen LogP contribution is -2.09. The van der Waals surface area contributed by atoms with Crippen LogP contribution in [0.1, 0.15) is 19.3 Å². The van der Waals surface area contributed by atoms with E-state index in [0.717, 1.165) is 5.82 Å². The highest BCUT2D eigenvalue weighted by atomic mass is 19.4. The Hall–Kier alpha value is -1.46. The van der Waals surface area contributed by atoms with E-state index in [1.54, 1.807) is 13.1 Å². The number of pyridine rings is 1. The van der Waals surface area contributed by atoms with Gasteiger partial charge in [0.15, 0.2) is 0 Å². The molecule has 2 N–H and O–H groups in total. The molecule has 3 nitrogen and oxygen atoms in total. The maximum absolute atomic E-state index is 11.9. The van der Waals surface area contributed by atoms with Gasteiger partial charge in [-0.15, -0.1) is 0 Å². The first-order valence-electron chi connectivity index (χ1n) is 5.47. The van der Waals surface area contributed by atoms with Crippen LogP contribution in [0.15, 0.2) is 18.2 Å². The van der Waals surface area contributed by atoms with Gasteiger partial charge in [0.2, 0.25) is 0 Å². The SMILES string of the molecule is CNc1cccc(NCCCCC(F)(F)F)n1. The summed E-state index contributed by atoms with van der Waals surface area (Å²) >= 11 is 0. The highest BCUT2D eigenvalue weighted by Gasteiger charge is 2.25. The number of rotatable bonds is 6. The first kappa shape index (κ1) is 13.6. The summed E-state index contributed by atoms with van der Waals surface area (Å²) in [4.78, 5) is 4.19. The summed E-state index contributed by atoms with van der Waals surface area (Å²) in [6, 6.07) is 5.43. The van der Waals surface area contributed by atoms with Gasteiger partial charge in [0.25, 0.3) is 0 Å². The van der Waals surface area contributed by atoms with Crippen LogP contribution in [0.25, 0.3) is 0 Å². The summed E-state index contributed by atoms with van der Waals surface area (Å²) in [6.45, 7) is 0.496. The van der Waals surface area contributed by atoms with E-state index in [2.05, 4.69) is 15.6 Å². The zero-order valence-corrected chi connectivity index (χ0v) is 9.64. The molecule has 0 aliphatic carbocycles. The second kappa shape index (κ2) is 6.32. The van der Waals surface area contributed by atoms with Crippen molar-refractivity contribution in [2.45, 2.75) is 25.4 Å². The molecule has 1 aromatic heterocycles. The molecule has 0 saturated heterocycles. The third-order valence-corrected chi connectivity index (χ3v) is 2.20. The van der Waals surface area contributed by atoms with E-state index in [9.17, 15) is 13.2 Å². The van der Waals surface area contributed by atoms with Gasteiger partial charge < -0.3 is 10.6 Å². The smallest absolute Gasteiger partial charge is 0.373 e. The molecule has 0 aliphatic heterocycles. The van der Waals surface area contributed by atoms with Gasteiger partial charge in [0.05, 0.1) is 0 Å². The Balaban J connectivity index is 2.22. The van der Waals surface area contributed by atoms with Crippen LogP contribution in [0.2, 0.25) is 0 Å². The van der Waals surface area contributed by atoms with Gasteiger partial charge in [-0.1, -0.05) is 6.07 Å². The largest absolute Gasteiger partial charge is 0.389 e. The monoisotopic (exact) mass is 247 g/mol. The molecule has 0 spiro atoms. The third-order valence-electron chi connectivity index (χ3n) is 2.20. The van der Waals surface area contributed by atoms with Crippen molar-refractivity contribution in [1.29, 1.82) is 0 Å². The van der Waals surface area contributed by atoms with Crippen molar-refractivity contribution in [1.82, 2.24) is 4.98 Å². The van der Waals surface area contributed by atoms with Crippen molar-refractivity contribution in [2.24, 2.45) is 0 Å². The van der Waals surface area contributed by atoms with E-state index >= 15 is 0 Å². The van der Waals surface area contributed by atoms with E-state index in [1.165, 1.54) is 0 Å². The lowest BCUT2D eigenvalue weighted by atomic mass is 10.2. The Labute approximate surface area is 98.4 Å². The summed E-state index contributed by atoms with van der Waals surface area (Å²) < 4.78 is 35.6. The van der Waals surface area contributed by atoms with E-state index in [0.29, 0.717) is 18.8 Å². The van der Waals surface area contributed by atoms with Gasteiger partial charge in [-0.2, -0.15) is 13.2 Å². The first-order valence-corrected chi connectivity index (χ1v) is 5.47. The Morgan fingerprint density at radius 1 is 1.18 bits per heavy atom. The summed E-state index contributed by atoms with van der Waals surface area (Å²) in [5, 5.41) is 5.88. The highest BCUT2D eigenvalue weighted by molar-refractivity contribution is 5.44. The molecule has 0 atom stereocenters. The number of alkyl halides is 3. The van der Waals surface area contributed by atoms with Crippen LogP contribution in [0.3, 0.4) is 0 Å². The molecule has 0 bridgehead atoms. The van der Waals surface area contributed by atoms with E-state index < -0.39 is 12.6 Å². The molecule has 0 saturated carbocycles. The number of nitrogens with zero attached hydrogens (tertiary/aromatic N) is 1. The predicted molar refractivity (Wildman–Crippen MR) is 62.2 cm³/mol. The number of nitrogens with one attached hydrogen (secondary N) is 2. The third kappa shape index (κ3) is 5.99. The Morgan fingerprint density at radius 2 is 1.88 bits per heavy atom. The van der Waals surface area contributed by atoms with Crippen LogP contribution in [0.5, 0.6) is 0 Å². The van der Waals surface area contributed by atoms with Crippen LogP contribution in [0, 0.1) is 0 Å². The molecule has 0 radical (unpaired) electrons. The summed E-state index contributed by atoms with van der Waals surface area (Å²) in [6.07, 6.45) is -4.16. The Bertz CT molecular complexity index is 339. The van der Waals surface area contributed by atoms with Gasteiger partial charge in [-0.3, -0.25) is 0 Å². The minimum absolute atomic E-state index is 0.141. The number of aromatic nitrogens is 1. The van der Waals surface area contributed by atoms with Gasteiger partial charge >= 0.3 is 6.18 Å². The van der Waals surface area contributed by atoms with E-state index in [1.807, 2.05) is 12.1 Å². The van der Waals surface area contributed by atoms with Crippen molar-refractivity contribution in [2.75, 3.05) is 24.2 Å². The molecule has 1 aromatic rings. The first-order chi connectivity index (χ1) is 8.01. The highest BCUT2D eigenvalue weighted by Crippen LogP contribution is 2.22. The molecular weight excluding hydrogens is 231 g/mol. The molecule has 0 amide bonds. The zero-order valence-electron chi connectivity index (χ0n) is 9.64. The molecular formula is C11H16F3N3. The second-order valence-corrected chi connectivity index (χ2v) is 3.66. The average molecular weight is 247 g/mol. The molecule has 0 unspecified atom stereocenters. The Morgan fingerprint density at radius 3 is 2.53 bits per heavy atom. The number of hydrogen-bond donors (Lipinski definition) is 2. The maximum Gasteiger partial charge on any atom is 0.389 e. The van der Waals surface area contributed by atoms with Crippen LogP contribution < -0.4 is 10.6 Å². The maximum atomic E-state index is 11.9. The fourth-order valence-electron chi connectivity index (χ4n) is 1.34. The normalized spacial score (nSPS) is 11.3. The van der Waals surface area contributed by atoms with Gasteiger partial charge in [-0.25, -0.2) is 4.98 Å². The average Bonchev–Trinajstić information content (AvgIpc) is 2.27. The van der Waals surface area contributed by atoms with Gasteiger partial charge in [-0.05, 0) is 25.0 Å². The van der Waals surface area contributed by atoms with Crippen LogP contribution >= 0.6 is 0 Å². The molecule has 1 rings (SSSR count). The van der Waals surface area contributed by atoms with E-state index in [-0.39, 0.29) is 6.42 Å². The van der Waals surface area contributed by atoms with Crippen molar-refractivity contribution >= 4 is 11.6 Å². The molecule has 0 aliphatic rings. The van der Waals surface area contributed by atoms with Crippen molar-refractivity contribution in [3.63, 3.8) is 0 Å². The van der Waals surface area contributed by atoms with E-state index in [4.69, 9.17) is 0 Å². The minimum Gasteiger partial charge on any atom is -0.373 e. The number of hydrogen-bond acceptors (Lipinski definition) is 3. The Kier molecular flexibility index (Phi) is 5.06. The van der Waals surface area contributed by atoms with Crippen molar-refractivity contribution in [3.05, 3.63) is 18.2 Å². The minimum atomic E-state index is -4.05. The molecule has 0 fully saturated rings. The fourth-order valence-corrected chi connectivity index (χ4v) is 1.34. The van der Waals surface area contributed by atoms with Crippen LogP contribution in [-0.2, 0) is 0 Å². The summed E-state index contributed by atoms with van der Waals surface area (Å²) in [5.41, 5.74) is 0. The quantitative estimate of drug-likeness (QED) is 0.757. The zero-order chi connectivity index (χ0) is 12.7. The van der Waals surface area contributed by atoms with Crippen LogP contribution in [-0.4, -0.2) is 24.8 Å². The molecule has 17 heavy (non-hydrogen) atoms. The van der Waals surface area contributed by atoms with Crippen LogP contribution in [0.4, 0.5) is 24.8 Å². The number of anilines is 2. The second-order valence-electron chi connectivity index (χ2n) is 3.66. The number of unbranched alkanes of at least 4 members (excludes halogenated alkanes) is 1. The topological polar surface area (TPSA) is 37.0 Å². The van der Waals surface area contributed by atoms with Crippen molar-refractivity contribution < 1.29 is 13.2 Å². The van der Waals surface area contributed by atoms with Crippen molar-refractivity contribution in [3.8, 4) is 0 Å². The standard InChI is InChI=1S/C11H16F3N3/c1-15-9-5-4-6-10(17-9)16-8-3-2-7-11(12,13)14/h4-6H,2-3,7-8H2,1H3,(H2,15,16,17). The lowest BCUT2D eigenvalue weighted by Gasteiger charge is -2.08. The summed E-state index contributed by atoms with van der Waals surface area (Å²) in [5.74, 6) is 1.40. The van der Waals surface area contributed by atoms with Gasteiger partial charge in [0.1, 0.15) is 11.6 Å².